The number of nitro groups is 1. The van der Waals surface area contributed by atoms with Gasteiger partial charge in [0.2, 0.25) is 5.91 Å². The fourth-order valence-electron chi connectivity index (χ4n) is 2.74. The largest absolute Gasteiger partial charge is 0.416 e. The van der Waals surface area contributed by atoms with Crippen LogP contribution in [-0.4, -0.2) is 10.8 Å². The standard InChI is InChI=1S/C19H18F3N3O3/c1-11(12-4-7-15(8-5-12)24-18(26)13-2-3-13)23-16-9-6-14(19(20,21)22)10-17(16)25(27)28/h4-11,13,23H,2-3H2,1H3,(H,24,26). The first-order valence-electron chi connectivity index (χ1n) is 8.68. The van der Waals surface area contributed by atoms with Gasteiger partial charge in [0, 0.05) is 23.7 Å². The number of nitro benzene ring substituents is 1. The van der Waals surface area contributed by atoms with E-state index in [0.29, 0.717) is 11.8 Å². The molecule has 3 rings (SSSR count). The van der Waals surface area contributed by atoms with Crippen molar-refractivity contribution >= 4 is 23.0 Å². The maximum Gasteiger partial charge on any atom is 0.416 e. The third-order valence-corrected chi connectivity index (χ3v) is 4.52. The molecular weight excluding hydrogens is 375 g/mol. The summed E-state index contributed by atoms with van der Waals surface area (Å²) in [4.78, 5) is 22.1. The van der Waals surface area contributed by atoms with E-state index in [1.54, 1.807) is 31.2 Å². The van der Waals surface area contributed by atoms with Crippen LogP contribution < -0.4 is 10.6 Å². The summed E-state index contributed by atoms with van der Waals surface area (Å²) in [6.45, 7) is 1.74. The molecule has 0 saturated heterocycles. The molecule has 0 spiro atoms. The summed E-state index contributed by atoms with van der Waals surface area (Å²) in [7, 11) is 0. The van der Waals surface area contributed by atoms with E-state index in [-0.39, 0.29) is 17.5 Å². The minimum Gasteiger partial charge on any atom is -0.373 e. The van der Waals surface area contributed by atoms with Gasteiger partial charge in [0.1, 0.15) is 5.69 Å². The van der Waals surface area contributed by atoms with Gasteiger partial charge in [-0.15, -0.1) is 0 Å². The van der Waals surface area contributed by atoms with Gasteiger partial charge in [0.15, 0.2) is 0 Å². The number of anilines is 2. The van der Waals surface area contributed by atoms with E-state index in [9.17, 15) is 28.1 Å². The van der Waals surface area contributed by atoms with Crippen LogP contribution in [0.2, 0.25) is 0 Å². The number of hydrogen-bond acceptors (Lipinski definition) is 4. The van der Waals surface area contributed by atoms with Crippen molar-refractivity contribution in [2.45, 2.75) is 32.0 Å². The third-order valence-electron chi connectivity index (χ3n) is 4.52. The highest BCUT2D eigenvalue weighted by Crippen LogP contribution is 2.36. The van der Waals surface area contributed by atoms with Crippen molar-refractivity contribution in [3.8, 4) is 0 Å². The van der Waals surface area contributed by atoms with Crippen LogP contribution in [0.4, 0.5) is 30.2 Å². The topological polar surface area (TPSA) is 84.3 Å². The van der Waals surface area contributed by atoms with Crippen molar-refractivity contribution in [1.29, 1.82) is 0 Å². The molecule has 1 fully saturated rings. The van der Waals surface area contributed by atoms with Crippen LogP contribution >= 0.6 is 0 Å². The van der Waals surface area contributed by atoms with E-state index in [1.165, 1.54) is 0 Å². The van der Waals surface area contributed by atoms with Gasteiger partial charge < -0.3 is 10.6 Å². The number of benzene rings is 2. The maximum absolute atomic E-state index is 12.8. The van der Waals surface area contributed by atoms with Gasteiger partial charge in [-0.3, -0.25) is 14.9 Å². The summed E-state index contributed by atoms with van der Waals surface area (Å²) < 4.78 is 38.4. The quantitative estimate of drug-likeness (QED) is 0.526. The Labute approximate surface area is 158 Å². The van der Waals surface area contributed by atoms with Crippen LogP contribution in [0.1, 0.15) is 36.9 Å². The van der Waals surface area contributed by atoms with Crippen molar-refractivity contribution in [2.75, 3.05) is 10.6 Å². The number of nitrogens with zero attached hydrogens (tertiary/aromatic N) is 1. The summed E-state index contributed by atoms with van der Waals surface area (Å²) in [6.07, 6.45) is -2.86. The molecule has 1 aliphatic carbocycles. The molecule has 0 radical (unpaired) electrons. The van der Waals surface area contributed by atoms with E-state index >= 15 is 0 Å². The zero-order valence-electron chi connectivity index (χ0n) is 14.9. The lowest BCUT2D eigenvalue weighted by atomic mass is 10.1. The average molecular weight is 393 g/mol. The van der Waals surface area contributed by atoms with E-state index in [0.717, 1.165) is 30.5 Å². The molecule has 28 heavy (non-hydrogen) atoms. The molecular formula is C19H18F3N3O3. The normalized spacial score (nSPS) is 15.0. The monoisotopic (exact) mass is 393 g/mol. The van der Waals surface area contributed by atoms with Crippen molar-refractivity contribution in [3.63, 3.8) is 0 Å². The minimum absolute atomic E-state index is 0.00314. The Balaban J connectivity index is 1.73. The number of alkyl halides is 3. The van der Waals surface area contributed by atoms with Gasteiger partial charge in [-0.1, -0.05) is 12.1 Å². The molecule has 2 aromatic rings. The molecule has 1 unspecified atom stereocenters. The summed E-state index contributed by atoms with van der Waals surface area (Å²) in [5.74, 6) is 0.0692. The predicted molar refractivity (Wildman–Crippen MR) is 97.9 cm³/mol. The molecule has 0 bridgehead atoms. The highest BCUT2D eigenvalue weighted by Gasteiger charge is 2.33. The van der Waals surface area contributed by atoms with Gasteiger partial charge >= 0.3 is 6.18 Å². The Morgan fingerprint density at radius 2 is 1.82 bits per heavy atom. The molecule has 0 heterocycles. The summed E-state index contributed by atoms with van der Waals surface area (Å²) >= 11 is 0. The van der Waals surface area contributed by atoms with Crippen molar-refractivity contribution in [1.82, 2.24) is 0 Å². The zero-order valence-corrected chi connectivity index (χ0v) is 14.9. The van der Waals surface area contributed by atoms with Crippen LogP contribution in [-0.2, 0) is 11.0 Å². The zero-order chi connectivity index (χ0) is 20.5. The summed E-state index contributed by atoms with van der Waals surface area (Å²) in [5.41, 5.74) is -0.313. The van der Waals surface area contributed by atoms with Gasteiger partial charge in [0.05, 0.1) is 10.5 Å². The smallest absolute Gasteiger partial charge is 0.373 e. The van der Waals surface area contributed by atoms with Gasteiger partial charge in [-0.05, 0) is 49.6 Å². The van der Waals surface area contributed by atoms with Crippen LogP contribution in [0.25, 0.3) is 0 Å². The Bertz CT molecular complexity index is 894. The predicted octanol–water partition coefficient (Wildman–Crippen LogP) is 5.14. The maximum atomic E-state index is 12.8. The molecule has 1 saturated carbocycles. The molecule has 0 aliphatic heterocycles. The molecule has 0 aromatic heterocycles. The number of nitrogens with one attached hydrogen (secondary N) is 2. The van der Waals surface area contributed by atoms with Crippen LogP contribution in [0.15, 0.2) is 42.5 Å². The molecule has 148 valence electrons. The van der Waals surface area contributed by atoms with E-state index in [1.807, 2.05) is 0 Å². The second-order valence-electron chi connectivity index (χ2n) is 6.74. The van der Waals surface area contributed by atoms with Gasteiger partial charge in [-0.25, -0.2) is 0 Å². The molecule has 1 amide bonds. The van der Waals surface area contributed by atoms with Crippen LogP contribution in [0.3, 0.4) is 0 Å². The number of hydrogen-bond donors (Lipinski definition) is 2. The second kappa shape index (κ2) is 7.49. The number of carbonyl (C=O) groups excluding carboxylic acids is 1. The first-order chi connectivity index (χ1) is 13.1. The number of amides is 1. The van der Waals surface area contributed by atoms with Crippen molar-refractivity contribution < 1.29 is 22.9 Å². The lowest BCUT2D eigenvalue weighted by Crippen LogP contribution is -2.13. The van der Waals surface area contributed by atoms with Gasteiger partial charge in [-0.2, -0.15) is 13.2 Å². The first kappa shape index (κ1) is 19.7. The fraction of sp³-hybridized carbons (Fsp3) is 0.316. The van der Waals surface area contributed by atoms with Gasteiger partial charge in [0.25, 0.3) is 5.69 Å². The Hall–Kier alpha value is -3.10. The van der Waals surface area contributed by atoms with Crippen molar-refractivity contribution in [2.24, 2.45) is 5.92 Å². The summed E-state index contributed by atoms with van der Waals surface area (Å²) in [5, 5.41) is 16.9. The summed E-state index contributed by atoms with van der Waals surface area (Å²) in [6, 6.07) is 8.91. The Morgan fingerprint density at radius 1 is 1.18 bits per heavy atom. The van der Waals surface area contributed by atoms with Crippen LogP contribution in [0, 0.1) is 16.0 Å². The average Bonchev–Trinajstić information content (AvgIpc) is 3.46. The third kappa shape index (κ3) is 4.59. The molecule has 2 N–H and O–H groups in total. The highest BCUT2D eigenvalue weighted by atomic mass is 19.4. The molecule has 6 nitrogen and oxygen atoms in total. The van der Waals surface area contributed by atoms with Crippen LogP contribution in [0.5, 0.6) is 0 Å². The minimum atomic E-state index is -4.66. The van der Waals surface area contributed by atoms with E-state index in [4.69, 9.17) is 0 Å². The number of carbonyl (C=O) groups is 1. The molecule has 9 heteroatoms. The molecule has 2 aromatic carbocycles. The van der Waals surface area contributed by atoms with Crippen molar-refractivity contribution in [3.05, 3.63) is 63.7 Å². The number of halogens is 3. The lowest BCUT2D eigenvalue weighted by Gasteiger charge is -2.17. The Kier molecular flexibility index (Phi) is 5.26. The fourth-order valence-corrected chi connectivity index (χ4v) is 2.74. The van der Waals surface area contributed by atoms with E-state index in [2.05, 4.69) is 10.6 Å². The SMILES string of the molecule is CC(Nc1ccc(C(F)(F)F)cc1[N+](=O)[O-])c1ccc(NC(=O)C2CC2)cc1. The Morgan fingerprint density at radius 3 is 2.36 bits per heavy atom. The molecule has 1 atom stereocenters. The second-order valence-corrected chi connectivity index (χ2v) is 6.74. The first-order valence-corrected chi connectivity index (χ1v) is 8.68. The highest BCUT2D eigenvalue weighted by molar-refractivity contribution is 5.94. The molecule has 1 aliphatic rings. The lowest BCUT2D eigenvalue weighted by molar-refractivity contribution is -0.384. The number of rotatable bonds is 6. The van der Waals surface area contributed by atoms with E-state index < -0.39 is 28.4 Å².